The van der Waals surface area contributed by atoms with Gasteiger partial charge in [0.15, 0.2) is 0 Å². The van der Waals surface area contributed by atoms with Gasteiger partial charge in [0.05, 0.1) is 5.52 Å². The Kier molecular flexibility index (Phi) is 1.84. The van der Waals surface area contributed by atoms with E-state index in [2.05, 4.69) is 35.9 Å². The molecule has 1 N–H and O–H groups in total. The summed E-state index contributed by atoms with van der Waals surface area (Å²) < 4.78 is 2.13. The van der Waals surface area contributed by atoms with Crippen LogP contribution in [0.15, 0.2) is 18.2 Å². The van der Waals surface area contributed by atoms with Gasteiger partial charge >= 0.3 is 0 Å². The fourth-order valence-corrected chi connectivity index (χ4v) is 2.61. The van der Waals surface area contributed by atoms with E-state index in [1.807, 2.05) is 6.07 Å². The molecule has 3 nitrogen and oxygen atoms in total. The molecule has 1 aromatic heterocycles. The Labute approximate surface area is 94.1 Å². The topological polar surface area (TPSA) is 34.0 Å². The smallest absolute Gasteiger partial charge is 0.268 e. The first-order valence-corrected chi connectivity index (χ1v) is 5.55. The summed E-state index contributed by atoms with van der Waals surface area (Å²) in [7, 11) is 0. The van der Waals surface area contributed by atoms with Gasteiger partial charge in [-0.3, -0.25) is 4.79 Å². The van der Waals surface area contributed by atoms with E-state index in [0.717, 1.165) is 18.8 Å². The molecule has 0 fully saturated rings. The van der Waals surface area contributed by atoms with E-state index in [0.29, 0.717) is 0 Å². The summed E-state index contributed by atoms with van der Waals surface area (Å²) in [5.41, 5.74) is 4.48. The van der Waals surface area contributed by atoms with Crippen molar-refractivity contribution >= 4 is 16.8 Å². The molecule has 2 aromatic rings. The van der Waals surface area contributed by atoms with Crippen molar-refractivity contribution in [3.05, 3.63) is 35.0 Å². The maximum atomic E-state index is 11.7. The van der Waals surface area contributed by atoms with E-state index in [1.54, 1.807) is 0 Å². The third kappa shape index (κ3) is 1.18. The van der Waals surface area contributed by atoms with Crippen molar-refractivity contribution in [1.82, 2.24) is 9.88 Å². The van der Waals surface area contributed by atoms with Crippen LogP contribution < -0.4 is 5.32 Å². The fourth-order valence-electron chi connectivity index (χ4n) is 2.61. The molecule has 1 aliphatic heterocycles. The number of amides is 1. The molecule has 16 heavy (non-hydrogen) atoms. The molecule has 0 bridgehead atoms. The number of nitrogens with one attached hydrogen (secondary N) is 1. The molecule has 0 aliphatic carbocycles. The number of nitrogens with zero attached hydrogens (tertiary/aromatic N) is 1. The summed E-state index contributed by atoms with van der Waals surface area (Å²) >= 11 is 0. The molecule has 3 heteroatoms. The molecule has 0 saturated carbocycles. The highest BCUT2D eigenvalue weighted by molar-refractivity contribution is 6.00. The highest BCUT2D eigenvalue weighted by atomic mass is 16.2. The predicted molar refractivity (Wildman–Crippen MR) is 63.7 cm³/mol. The van der Waals surface area contributed by atoms with Crippen LogP contribution >= 0.6 is 0 Å². The summed E-state index contributed by atoms with van der Waals surface area (Å²) in [6, 6.07) is 6.30. The molecular weight excluding hydrogens is 200 g/mol. The zero-order chi connectivity index (χ0) is 11.3. The van der Waals surface area contributed by atoms with Crippen LogP contribution in [0.5, 0.6) is 0 Å². The van der Waals surface area contributed by atoms with Gasteiger partial charge in [0.1, 0.15) is 5.69 Å². The average Bonchev–Trinajstić information content (AvgIpc) is 2.57. The summed E-state index contributed by atoms with van der Waals surface area (Å²) in [5, 5.41) is 4.04. The molecule has 3 rings (SSSR count). The van der Waals surface area contributed by atoms with Crippen molar-refractivity contribution in [2.45, 2.75) is 20.4 Å². The summed E-state index contributed by atoms with van der Waals surface area (Å²) in [6.45, 7) is 5.79. The first-order chi connectivity index (χ1) is 7.66. The van der Waals surface area contributed by atoms with Gasteiger partial charge in [-0.2, -0.15) is 0 Å². The minimum atomic E-state index is 0.0412. The van der Waals surface area contributed by atoms with Gasteiger partial charge in [-0.05, 0) is 31.5 Å². The second-order valence-corrected chi connectivity index (χ2v) is 4.46. The minimum absolute atomic E-state index is 0.0412. The van der Waals surface area contributed by atoms with Crippen LogP contribution in [0.2, 0.25) is 0 Å². The molecule has 1 amide bonds. The van der Waals surface area contributed by atoms with Crippen molar-refractivity contribution in [3.8, 4) is 0 Å². The Morgan fingerprint density at radius 2 is 2.06 bits per heavy atom. The number of hydrogen-bond acceptors (Lipinski definition) is 1. The Balaban J connectivity index is 2.40. The van der Waals surface area contributed by atoms with Crippen LogP contribution in [-0.2, 0) is 6.54 Å². The van der Waals surface area contributed by atoms with E-state index >= 15 is 0 Å². The molecule has 0 atom stereocenters. The lowest BCUT2D eigenvalue weighted by Gasteiger charge is -2.17. The van der Waals surface area contributed by atoms with Crippen LogP contribution in [0.25, 0.3) is 10.9 Å². The zero-order valence-electron chi connectivity index (χ0n) is 9.50. The monoisotopic (exact) mass is 214 g/mol. The van der Waals surface area contributed by atoms with Crippen molar-refractivity contribution in [1.29, 1.82) is 0 Å². The maximum Gasteiger partial charge on any atom is 0.268 e. The van der Waals surface area contributed by atoms with Crippen molar-refractivity contribution in [2.75, 3.05) is 6.54 Å². The number of rotatable bonds is 0. The number of carbonyl (C=O) groups is 1. The number of aryl methyl sites for hydroxylation is 2. The van der Waals surface area contributed by atoms with Gasteiger partial charge in [-0.1, -0.05) is 11.6 Å². The standard InChI is InChI=1S/C13H14N2O/c1-8-5-9(2)12-10(6-8)7-11-13(16)14-3-4-15(11)12/h5-7H,3-4H2,1-2H3,(H,14,16). The average molecular weight is 214 g/mol. The molecule has 1 aromatic carbocycles. The number of fused-ring (bicyclic) bond motifs is 3. The molecule has 0 saturated heterocycles. The number of benzene rings is 1. The van der Waals surface area contributed by atoms with E-state index in [9.17, 15) is 4.79 Å². The largest absolute Gasteiger partial charge is 0.349 e. The third-order valence-electron chi connectivity index (χ3n) is 3.18. The maximum absolute atomic E-state index is 11.7. The Hall–Kier alpha value is -1.77. The van der Waals surface area contributed by atoms with E-state index in [-0.39, 0.29) is 5.91 Å². The molecule has 82 valence electrons. The second kappa shape index (κ2) is 3.11. The van der Waals surface area contributed by atoms with Gasteiger partial charge in [-0.25, -0.2) is 0 Å². The van der Waals surface area contributed by atoms with Crippen LogP contribution in [0.3, 0.4) is 0 Å². The predicted octanol–water partition coefficient (Wildman–Crippen LogP) is 2.00. The first kappa shape index (κ1) is 9.46. The number of hydrogen-bond donors (Lipinski definition) is 1. The fraction of sp³-hybridized carbons (Fsp3) is 0.308. The lowest BCUT2D eigenvalue weighted by molar-refractivity contribution is 0.0929. The third-order valence-corrected chi connectivity index (χ3v) is 3.18. The summed E-state index contributed by atoms with van der Waals surface area (Å²) in [5.74, 6) is 0.0412. The van der Waals surface area contributed by atoms with Crippen LogP contribution in [-0.4, -0.2) is 17.0 Å². The normalized spacial score (nSPS) is 15.0. The first-order valence-electron chi connectivity index (χ1n) is 5.55. The lowest BCUT2D eigenvalue weighted by atomic mass is 10.1. The highest BCUT2D eigenvalue weighted by Gasteiger charge is 2.20. The molecule has 0 radical (unpaired) electrons. The van der Waals surface area contributed by atoms with Crippen molar-refractivity contribution < 1.29 is 4.79 Å². The van der Waals surface area contributed by atoms with Gasteiger partial charge in [0.25, 0.3) is 5.91 Å². The lowest BCUT2D eigenvalue weighted by Crippen LogP contribution is -2.34. The molecule has 2 heterocycles. The summed E-state index contributed by atoms with van der Waals surface area (Å²) in [4.78, 5) is 11.7. The van der Waals surface area contributed by atoms with E-state index in [4.69, 9.17) is 0 Å². The van der Waals surface area contributed by atoms with Crippen LogP contribution in [0, 0.1) is 13.8 Å². The SMILES string of the molecule is Cc1cc(C)c2c(c1)cc1n2CCNC1=O. The van der Waals surface area contributed by atoms with Crippen molar-refractivity contribution in [2.24, 2.45) is 0 Å². The zero-order valence-corrected chi connectivity index (χ0v) is 9.50. The van der Waals surface area contributed by atoms with Gasteiger partial charge in [0, 0.05) is 18.5 Å². The molecule has 1 aliphatic rings. The quantitative estimate of drug-likeness (QED) is 0.715. The van der Waals surface area contributed by atoms with Crippen LogP contribution in [0.1, 0.15) is 21.6 Å². The molecule has 0 spiro atoms. The second-order valence-electron chi connectivity index (χ2n) is 4.46. The Morgan fingerprint density at radius 3 is 2.88 bits per heavy atom. The van der Waals surface area contributed by atoms with E-state index < -0.39 is 0 Å². The van der Waals surface area contributed by atoms with Gasteiger partial charge < -0.3 is 9.88 Å². The molecular formula is C13H14N2O. The van der Waals surface area contributed by atoms with E-state index in [1.165, 1.54) is 22.0 Å². The number of aromatic nitrogens is 1. The molecule has 0 unspecified atom stereocenters. The van der Waals surface area contributed by atoms with Gasteiger partial charge in [-0.15, -0.1) is 0 Å². The number of carbonyl (C=O) groups excluding carboxylic acids is 1. The van der Waals surface area contributed by atoms with Crippen LogP contribution in [0.4, 0.5) is 0 Å². The minimum Gasteiger partial charge on any atom is -0.349 e. The van der Waals surface area contributed by atoms with Crippen molar-refractivity contribution in [3.63, 3.8) is 0 Å². The summed E-state index contributed by atoms with van der Waals surface area (Å²) in [6.07, 6.45) is 0. The highest BCUT2D eigenvalue weighted by Crippen LogP contribution is 2.25. The Morgan fingerprint density at radius 1 is 1.25 bits per heavy atom. The van der Waals surface area contributed by atoms with Gasteiger partial charge in [0.2, 0.25) is 0 Å². The Bertz CT molecular complexity index is 595.